The van der Waals surface area contributed by atoms with E-state index in [1.165, 1.54) is 60.1 Å². The molecule has 366 valence electrons. The normalized spacial score (nSPS) is 11.5. The Morgan fingerprint density at radius 1 is 0.492 bits per heavy atom. The molecule has 0 aliphatic carbocycles. The molecule has 4 aromatic carbocycles. The molecule has 0 radical (unpaired) electrons. The molecule has 0 atom stereocenters. The summed E-state index contributed by atoms with van der Waals surface area (Å²) in [4.78, 5) is 20.3. The smallest absolute Gasteiger partial charge is 0.359 e. The van der Waals surface area contributed by atoms with Crippen LogP contribution in [0.5, 0.6) is 0 Å². The van der Waals surface area contributed by atoms with Gasteiger partial charge in [-0.2, -0.15) is 0 Å². The molecule has 0 aliphatic rings. The van der Waals surface area contributed by atoms with Gasteiger partial charge in [0.1, 0.15) is 44.2 Å². The van der Waals surface area contributed by atoms with E-state index in [-0.39, 0.29) is 19.1 Å². The van der Waals surface area contributed by atoms with E-state index in [0.717, 1.165) is 37.6 Å². The van der Waals surface area contributed by atoms with Crippen molar-refractivity contribution in [2.45, 2.75) is 40.8 Å². The highest BCUT2D eigenvalue weighted by atomic mass is 16.5. The number of carbonyl (C=O) groups is 2. The lowest BCUT2D eigenvalue weighted by atomic mass is 10.2. The fourth-order valence-corrected chi connectivity index (χ4v) is 5.98. The van der Waals surface area contributed by atoms with Gasteiger partial charge in [-0.15, -0.1) is 0 Å². The predicted octanol–water partition coefficient (Wildman–Crippen LogP) is 8.12. The molecule has 0 amide bonds. The Bertz CT molecular complexity index is 1770. The number of quaternary nitrogens is 6. The lowest BCUT2D eigenvalue weighted by Crippen LogP contribution is -2.46. The van der Waals surface area contributed by atoms with Crippen LogP contribution in [0.15, 0.2) is 121 Å². The molecule has 0 bridgehead atoms. The second-order valence-electron chi connectivity index (χ2n) is 20.9. The Balaban J connectivity index is 0. The zero-order valence-electron chi connectivity index (χ0n) is 44.4. The standard InChI is InChI=1S/C15H18N.C13H22N.C9H14N.C7H16NO2.C5H11NO2.C5H14NO/c1-16(2,15-11-7-4-8-12-15)13-14-9-5-3-6-10-14;1-4-14(5-2,6-3)12-13-10-8-7-9-11-13;1-10(2,3)9-7-5-4-6-8-9;1-7(9)10-6-5-8(2,3)4;1-6(2,3)4-5(7)8;1-6(2,3)4-5-7/h3-12H,13H2,1-2H3;7-11H,4-6,12H2,1-3H3;4-8H,1-3H3;5-6H2,1-4H3;4H2,1-3H3;7H,4-5H2,1-3H3/q4*+1;;+1/p+1. The molecule has 4 aromatic rings. The zero-order valence-corrected chi connectivity index (χ0v) is 44.4. The summed E-state index contributed by atoms with van der Waals surface area (Å²) >= 11 is 0. The van der Waals surface area contributed by atoms with Crippen LogP contribution in [0.2, 0.25) is 0 Å². The highest BCUT2D eigenvalue weighted by Gasteiger charge is 2.21. The average Bonchev–Trinajstić information content (AvgIpc) is 3.20. The summed E-state index contributed by atoms with van der Waals surface area (Å²) in [5.74, 6) is -0.953. The molecular formula is C54H96N6O5+6. The number of nitrogens with zero attached hydrogens (tertiary/aromatic N) is 6. The first-order valence-electron chi connectivity index (χ1n) is 23.0. The van der Waals surface area contributed by atoms with Crippen molar-refractivity contribution >= 4 is 23.3 Å². The Hall–Kier alpha value is -4.46. The summed E-state index contributed by atoms with van der Waals surface area (Å²) in [6.45, 7) is 16.8. The van der Waals surface area contributed by atoms with E-state index in [9.17, 15) is 9.59 Å². The number of aliphatic hydroxyl groups is 1. The quantitative estimate of drug-likeness (QED) is 0.0878. The van der Waals surface area contributed by atoms with E-state index in [1.54, 1.807) is 0 Å². The van der Waals surface area contributed by atoms with Crippen molar-refractivity contribution in [1.29, 1.82) is 0 Å². The number of para-hydroxylation sites is 2. The maximum atomic E-state index is 10.3. The highest BCUT2D eigenvalue weighted by molar-refractivity contribution is 5.67. The van der Waals surface area contributed by atoms with Crippen LogP contribution in [0.1, 0.15) is 38.8 Å². The minimum atomic E-state index is -0.752. The third-order valence-electron chi connectivity index (χ3n) is 10.2. The molecule has 0 saturated carbocycles. The number of hydrogen-bond donors (Lipinski definition) is 2. The molecule has 0 aromatic heterocycles. The van der Waals surface area contributed by atoms with Gasteiger partial charge in [0.25, 0.3) is 0 Å². The van der Waals surface area contributed by atoms with E-state index in [1.807, 2.05) is 27.2 Å². The molecule has 0 saturated heterocycles. The number of benzene rings is 4. The second-order valence-corrected chi connectivity index (χ2v) is 20.9. The molecular weight excluding hydrogens is 813 g/mol. The number of aliphatic carboxylic acids is 1. The van der Waals surface area contributed by atoms with Gasteiger partial charge in [0, 0.05) is 18.1 Å². The van der Waals surface area contributed by atoms with Crippen molar-refractivity contribution in [3.8, 4) is 0 Å². The Labute approximate surface area is 397 Å². The van der Waals surface area contributed by atoms with E-state index < -0.39 is 5.97 Å². The number of ether oxygens (including phenoxy) is 1. The summed E-state index contributed by atoms with van der Waals surface area (Å²) < 4.78 is 9.88. The van der Waals surface area contributed by atoms with Crippen molar-refractivity contribution in [2.24, 2.45) is 0 Å². The van der Waals surface area contributed by atoms with Crippen LogP contribution in [-0.4, -0.2) is 191 Å². The summed E-state index contributed by atoms with van der Waals surface area (Å²) in [6, 6.07) is 42.5. The average molecular weight is 909 g/mol. The maximum Gasteiger partial charge on any atom is 0.359 e. The van der Waals surface area contributed by atoms with Crippen molar-refractivity contribution in [2.75, 3.05) is 151 Å². The molecule has 11 heteroatoms. The van der Waals surface area contributed by atoms with Gasteiger partial charge < -0.3 is 32.9 Å². The number of carboxylic acid groups (broad SMARTS) is 1. The lowest BCUT2D eigenvalue weighted by molar-refractivity contribution is -0.936. The first-order chi connectivity index (χ1) is 29.9. The number of esters is 1. The lowest BCUT2D eigenvalue weighted by Gasteiger charge is -2.35. The molecule has 0 spiro atoms. The predicted molar refractivity (Wildman–Crippen MR) is 278 cm³/mol. The van der Waals surface area contributed by atoms with Gasteiger partial charge in [-0.25, -0.2) is 4.79 Å². The van der Waals surface area contributed by atoms with Crippen LogP contribution in [0.25, 0.3) is 0 Å². The van der Waals surface area contributed by atoms with Gasteiger partial charge in [0.15, 0.2) is 6.54 Å². The fourth-order valence-electron chi connectivity index (χ4n) is 5.98. The van der Waals surface area contributed by atoms with Crippen LogP contribution in [0, 0.1) is 0 Å². The van der Waals surface area contributed by atoms with Crippen molar-refractivity contribution < 1.29 is 42.5 Å². The molecule has 11 nitrogen and oxygen atoms in total. The van der Waals surface area contributed by atoms with E-state index in [2.05, 4.69) is 214 Å². The van der Waals surface area contributed by atoms with Gasteiger partial charge in [-0.05, 0) is 45.0 Å². The number of hydrogen-bond acceptors (Lipinski definition) is 4. The first kappa shape index (κ1) is 62.6. The fraction of sp³-hybridized carbons (Fsp3) is 0.519. The van der Waals surface area contributed by atoms with Gasteiger partial charge in [-0.3, -0.25) is 13.8 Å². The summed E-state index contributed by atoms with van der Waals surface area (Å²) in [5, 5.41) is 16.6. The third-order valence-corrected chi connectivity index (χ3v) is 10.2. The molecule has 2 N–H and O–H groups in total. The number of carboxylic acids is 1. The number of aliphatic hydroxyl groups excluding tert-OH is 1. The molecule has 0 aliphatic heterocycles. The van der Waals surface area contributed by atoms with Crippen molar-refractivity contribution in [3.63, 3.8) is 0 Å². The molecule has 0 unspecified atom stereocenters. The molecule has 4 rings (SSSR count). The van der Waals surface area contributed by atoms with Crippen LogP contribution < -0.4 is 8.97 Å². The summed E-state index contributed by atoms with van der Waals surface area (Å²) in [6.07, 6.45) is 0. The van der Waals surface area contributed by atoms with Gasteiger partial charge >= 0.3 is 11.9 Å². The molecule has 0 heterocycles. The van der Waals surface area contributed by atoms with Crippen LogP contribution >= 0.6 is 0 Å². The molecule has 65 heavy (non-hydrogen) atoms. The monoisotopic (exact) mass is 909 g/mol. The van der Waals surface area contributed by atoms with Gasteiger partial charge in [0.2, 0.25) is 0 Å². The summed E-state index contributed by atoms with van der Waals surface area (Å²) in [5.41, 5.74) is 5.50. The summed E-state index contributed by atoms with van der Waals surface area (Å²) in [7, 11) is 28.8. The number of likely N-dealkylation sites (N-methyl/N-ethyl adjacent to an activating group) is 3. The largest absolute Gasteiger partial charge is 0.477 e. The van der Waals surface area contributed by atoms with Crippen molar-refractivity contribution in [3.05, 3.63) is 132 Å². The van der Waals surface area contributed by atoms with E-state index in [0.29, 0.717) is 11.1 Å². The first-order valence-corrected chi connectivity index (χ1v) is 23.0. The van der Waals surface area contributed by atoms with E-state index in [4.69, 9.17) is 14.9 Å². The topological polar surface area (TPSA) is 83.8 Å². The minimum absolute atomic E-state index is 0.181. The van der Waals surface area contributed by atoms with Gasteiger partial charge in [-0.1, -0.05) is 97.1 Å². The van der Waals surface area contributed by atoms with E-state index >= 15 is 0 Å². The van der Waals surface area contributed by atoms with Crippen LogP contribution in [0.3, 0.4) is 0 Å². The Morgan fingerprint density at radius 2 is 0.846 bits per heavy atom. The SMILES string of the molecule is CC(=O)OCC[N+](C)(C)C.CC[N+](CC)(CC)Cc1ccccc1.C[N+](C)(C)CC(=O)O.C[N+](C)(C)CCO.C[N+](C)(C)c1ccccc1.C[N+](C)(Cc1ccccc1)c1ccccc1. The minimum Gasteiger partial charge on any atom is -0.477 e. The van der Waals surface area contributed by atoms with Crippen molar-refractivity contribution in [1.82, 2.24) is 8.97 Å². The van der Waals surface area contributed by atoms with Gasteiger partial charge in [0.05, 0.1) is 125 Å². The highest BCUT2D eigenvalue weighted by Crippen LogP contribution is 2.21. The molecule has 0 fully saturated rings. The van der Waals surface area contributed by atoms with Crippen LogP contribution in [0.4, 0.5) is 11.4 Å². The maximum absolute atomic E-state index is 10.3. The van der Waals surface area contributed by atoms with Crippen LogP contribution in [-0.2, 0) is 27.4 Å². The number of carbonyl (C=O) groups excluding carboxylic acids is 1. The second kappa shape index (κ2) is 31.5. The third kappa shape index (κ3) is 35.5. The Morgan fingerprint density at radius 3 is 1.09 bits per heavy atom. The Kier molecular flexibility index (Phi) is 30.3. The number of rotatable bonds is 16. The zero-order chi connectivity index (χ0) is 50.4.